The second-order valence-corrected chi connectivity index (χ2v) is 17.2. The molecule has 6 heteroatoms. The highest BCUT2D eigenvalue weighted by molar-refractivity contribution is 6.17. The van der Waals surface area contributed by atoms with E-state index in [4.69, 9.17) is 19.4 Å². The number of para-hydroxylation sites is 5. The molecule has 0 atom stereocenters. The molecule has 0 N–H and O–H groups in total. The van der Waals surface area contributed by atoms with Crippen molar-refractivity contribution in [2.75, 3.05) is 0 Å². The first-order chi connectivity index (χ1) is 33.2. The van der Waals surface area contributed by atoms with E-state index in [9.17, 15) is 0 Å². The fourth-order valence-corrected chi connectivity index (χ4v) is 10.3. The highest BCUT2D eigenvalue weighted by atomic mass is 16.3. The van der Waals surface area contributed by atoms with Crippen molar-refractivity contribution < 1.29 is 4.42 Å². The van der Waals surface area contributed by atoms with E-state index in [0.717, 1.165) is 94.0 Å². The van der Waals surface area contributed by atoms with Crippen molar-refractivity contribution in [1.29, 1.82) is 0 Å². The Balaban J connectivity index is 1.07. The Morgan fingerprint density at radius 2 is 0.896 bits per heavy atom. The number of hydrogen-bond donors (Lipinski definition) is 0. The first kappa shape index (κ1) is 37.3. The van der Waals surface area contributed by atoms with Crippen molar-refractivity contribution in [1.82, 2.24) is 24.1 Å². The lowest BCUT2D eigenvalue weighted by molar-refractivity contribution is 0.666. The van der Waals surface area contributed by atoms with E-state index in [-0.39, 0.29) is 0 Å². The van der Waals surface area contributed by atoms with Crippen LogP contribution in [0.25, 0.3) is 133 Å². The van der Waals surface area contributed by atoms with Gasteiger partial charge in [-0.05, 0) is 82.6 Å². The fourth-order valence-electron chi connectivity index (χ4n) is 10.3. The van der Waals surface area contributed by atoms with Crippen molar-refractivity contribution >= 4 is 76.3 Å². The van der Waals surface area contributed by atoms with E-state index < -0.39 is 0 Å². The van der Waals surface area contributed by atoms with Crippen LogP contribution in [-0.4, -0.2) is 24.1 Å². The maximum absolute atomic E-state index is 6.87. The molecule has 0 unspecified atom stereocenters. The molecule has 0 aliphatic rings. The number of rotatable bonds is 6. The van der Waals surface area contributed by atoms with Crippen LogP contribution in [0.5, 0.6) is 0 Å². The Bertz CT molecular complexity index is 4260. The summed E-state index contributed by atoms with van der Waals surface area (Å²) in [7, 11) is 0. The topological polar surface area (TPSA) is 61.7 Å². The summed E-state index contributed by atoms with van der Waals surface area (Å²) in [4.78, 5) is 16.3. The molecule has 0 fully saturated rings. The van der Waals surface area contributed by atoms with Gasteiger partial charge in [-0.3, -0.25) is 0 Å². The molecule has 0 bridgehead atoms. The van der Waals surface area contributed by atoms with Gasteiger partial charge in [-0.1, -0.05) is 164 Å². The summed E-state index contributed by atoms with van der Waals surface area (Å²) >= 11 is 0. The smallest absolute Gasteiger partial charge is 0.166 e. The van der Waals surface area contributed by atoms with Crippen LogP contribution in [-0.2, 0) is 0 Å². The van der Waals surface area contributed by atoms with E-state index in [1.165, 1.54) is 21.5 Å². The first-order valence-corrected chi connectivity index (χ1v) is 22.6. The van der Waals surface area contributed by atoms with Gasteiger partial charge >= 0.3 is 0 Å². The first-order valence-electron chi connectivity index (χ1n) is 22.6. The Labute approximate surface area is 384 Å². The maximum atomic E-state index is 6.87. The molecule has 312 valence electrons. The molecule has 0 saturated carbocycles. The average molecular weight is 856 g/mol. The SMILES string of the molecule is c1ccc(-c2ccc(-c3nc(-c4cc(-n5c6ccccc6c6cc7ccccc7cc65)c5oc6ccccc6c5c4)nc(-c4cccc5c6ccccc6n(-c6ccccc6)c45)n3)cc2)cc1. The lowest BCUT2D eigenvalue weighted by Gasteiger charge is -2.14. The molecule has 10 aromatic carbocycles. The van der Waals surface area contributed by atoms with E-state index in [2.05, 4.69) is 215 Å². The Kier molecular flexibility index (Phi) is 8.18. The monoisotopic (exact) mass is 855 g/mol. The van der Waals surface area contributed by atoms with Crippen LogP contribution in [0.4, 0.5) is 0 Å². The number of furan rings is 1. The van der Waals surface area contributed by atoms with Gasteiger partial charge in [-0.2, -0.15) is 0 Å². The average Bonchev–Trinajstić information content (AvgIpc) is 4.06. The Morgan fingerprint density at radius 3 is 1.67 bits per heavy atom. The Morgan fingerprint density at radius 1 is 0.328 bits per heavy atom. The van der Waals surface area contributed by atoms with E-state index in [1.54, 1.807) is 0 Å². The van der Waals surface area contributed by atoms with Crippen LogP contribution >= 0.6 is 0 Å². The normalized spacial score (nSPS) is 11.9. The molecule has 0 spiro atoms. The van der Waals surface area contributed by atoms with Gasteiger partial charge in [0.2, 0.25) is 0 Å². The molecule has 67 heavy (non-hydrogen) atoms. The van der Waals surface area contributed by atoms with Gasteiger partial charge in [0.15, 0.2) is 23.1 Å². The minimum Gasteiger partial charge on any atom is -0.454 e. The van der Waals surface area contributed by atoms with Crippen molar-refractivity contribution in [3.63, 3.8) is 0 Å². The van der Waals surface area contributed by atoms with Crippen molar-refractivity contribution in [3.05, 3.63) is 224 Å². The number of fused-ring (bicyclic) bond motifs is 10. The number of nitrogens with zero attached hydrogens (tertiary/aromatic N) is 5. The van der Waals surface area contributed by atoms with Crippen LogP contribution in [0.1, 0.15) is 0 Å². The molecule has 6 nitrogen and oxygen atoms in total. The third kappa shape index (κ3) is 5.86. The highest BCUT2D eigenvalue weighted by Gasteiger charge is 2.24. The van der Waals surface area contributed by atoms with Crippen LogP contribution in [0, 0.1) is 0 Å². The zero-order valence-electron chi connectivity index (χ0n) is 36.0. The minimum atomic E-state index is 0.561. The van der Waals surface area contributed by atoms with Crippen LogP contribution in [0.3, 0.4) is 0 Å². The number of hydrogen-bond acceptors (Lipinski definition) is 4. The summed E-state index contributed by atoms with van der Waals surface area (Å²) in [5.74, 6) is 1.73. The van der Waals surface area contributed by atoms with Crippen LogP contribution in [0.2, 0.25) is 0 Å². The summed E-state index contributed by atoms with van der Waals surface area (Å²) in [5.41, 5.74) is 12.8. The number of benzene rings is 10. The number of aromatic nitrogens is 5. The molecular formula is C61H37N5O. The highest BCUT2D eigenvalue weighted by Crippen LogP contribution is 2.43. The lowest BCUT2D eigenvalue weighted by atomic mass is 10.0. The molecule has 14 rings (SSSR count). The molecule has 14 aromatic rings. The van der Waals surface area contributed by atoms with Crippen molar-refractivity contribution in [2.45, 2.75) is 0 Å². The predicted molar refractivity (Wildman–Crippen MR) is 275 cm³/mol. The van der Waals surface area contributed by atoms with Gasteiger partial charge < -0.3 is 13.6 Å². The molecule has 0 radical (unpaired) electrons. The Hall–Kier alpha value is -9.13. The summed E-state index contributed by atoms with van der Waals surface area (Å²) < 4.78 is 11.6. The standard InChI is InChI=1S/C61H37N5O/c1-3-16-38(17-4-1)39-30-32-40(33-31-39)59-62-60(64-61(63-59)49-26-15-25-48-45-22-9-12-27-52(45)65(57(48)49)44-20-5-2-6-21-44)43-35-51-47-24-11-14-29-56(47)67-58(51)55(37-43)66-53-28-13-10-23-46(53)50-34-41-18-7-8-19-42(41)36-54(50)66/h1-37H. The molecule has 4 aromatic heterocycles. The van der Waals surface area contributed by atoms with Gasteiger partial charge in [-0.25, -0.2) is 15.0 Å². The third-order valence-electron chi connectivity index (χ3n) is 13.3. The molecule has 4 heterocycles. The van der Waals surface area contributed by atoms with Crippen LogP contribution in [0.15, 0.2) is 229 Å². The summed E-state index contributed by atoms with van der Waals surface area (Å²) in [6.07, 6.45) is 0. The summed E-state index contributed by atoms with van der Waals surface area (Å²) in [6.45, 7) is 0. The van der Waals surface area contributed by atoms with Crippen molar-refractivity contribution in [2.24, 2.45) is 0 Å². The van der Waals surface area contributed by atoms with Gasteiger partial charge in [0.25, 0.3) is 0 Å². The maximum Gasteiger partial charge on any atom is 0.166 e. The zero-order valence-corrected chi connectivity index (χ0v) is 36.0. The second kappa shape index (κ2) is 14.7. The van der Waals surface area contributed by atoms with E-state index >= 15 is 0 Å². The quantitative estimate of drug-likeness (QED) is 0.167. The van der Waals surface area contributed by atoms with Crippen molar-refractivity contribution in [3.8, 4) is 56.7 Å². The van der Waals surface area contributed by atoms with E-state index in [1.807, 2.05) is 18.2 Å². The zero-order chi connectivity index (χ0) is 44.0. The lowest BCUT2D eigenvalue weighted by Crippen LogP contribution is -2.03. The summed E-state index contributed by atoms with van der Waals surface area (Å²) in [6, 6.07) is 79.1. The van der Waals surface area contributed by atoms with Gasteiger partial charge in [-0.15, -0.1) is 0 Å². The fraction of sp³-hybridized carbons (Fsp3) is 0. The second-order valence-electron chi connectivity index (χ2n) is 17.2. The van der Waals surface area contributed by atoms with Gasteiger partial charge in [0.1, 0.15) is 5.58 Å². The minimum absolute atomic E-state index is 0.561. The molecule has 0 saturated heterocycles. The molecule has 0 aliphatic carbocycles. The molecule has 0 amide bonds. The molecular weight excluding hydrogens is 819 g/mol. The van der Waals surface area contributed by atoms with E-state index in [0.29, 0.717) is 17.5 Å². The molecule has 0 aliphatic heterocycles. The van der Waals surface area contributed by atoms with Gasteiger partial charge in [0, 0.05) is 54.7 Å². The summed E-state index contributed by atoms with van der Waals surface area (Å²) in [5, 5.41) is 9.01. The third-order valence-corrected chi connectivity index (χ3v) is 13.3. The largest absolute Gasteiger partial charge is 0.454 e. The van der Waals surface area contributed by atoms with Gasteiger partial charge in [0.05, 0.1) is 27.8 Å². The van der Waals surface area contributed by atoms with Crippen LogP contribution < -0.4 is 0 Å². The predicted octanol–water partition coefficient (Wildman–Crippen LogP) is 15.8.